The van der Waals surface area contributed by atoms with Crippen molar-refractivity contribution in [1.82, 2.24) is 14.9 Å². The highest BCUT2D eigenvalue weighted by molar-refractivity contribution is 6.04. The molecule has 0 spiro atoms. The van der Waals surface area contributed by atoms with Gasteiger partial charge in [-0.05, 0) is 87.4 Å². The van der Waals surface area contributed by atoms with Crippen molar-refractivity contribution in [1.29, 1.82) is 0 Å². The summed E-state index contributed by atoms with van der Waals surface area (Å²) in [7, 11) is 0. The Balaban J connectivity index is 1.29. The first kappa shape index (κ1) is 24.2. The summed E-state index contributed by atoms with van der Waals surface area (Å²) in [5.41, 5.74) is 2.14. The zero-order valence-corrected chi connectivity index (χ0v) is 19.9. The number of amides is 2. The van der Waals surface area contributed by atoms with Crippen LogP contribution in [-0.2, 0) is 9.59 Å². The Kier molecular flexibility index (Phi) is 7.00. The molecule has 0 unspecified atom stereocenters. The Morgan fingerprint density at radius 2 is 1.63 bits per heavy atom. The van der Waals surface area contributed by atoms with E-state index in [9.17, 15) is 19.5 Å². The molecule has 8 heteroatoms. The summed E-state index contributed by atoms with van der Waals surface area (Å²) in [5, 5.41) is 14.8. The minimum atomic E-state index is -1.27. The number of carboxylic acid groups (broad SMARTS) is 1. The smallest absolute Gasteiger partial charge is 0.328 e. The molecular weight excluding hydrogens is 444 g/mol. The van der Waals surface area contributed by atoms with Crippen LogP contribution < -0.4 is 10.6 Å². The number of aromatic nitrogens is 2. The number of nitrogens with one attached hydrogen (secondary N) is 2. The molecule has 8 nitrogen and oxygen atoms in total. The fourth-order valence-electron chi connectivity index (χ4n) is 4.39. The van der Waals surface area contributed by atoms with Crippen LogP contribution in [0.5, 0.6) is 0 Å². The van der Waals surface area contributed by atoms with Gasteiger partial charge in [-0.25, -0.2) is 9.78 Å². The van der Waals surface area contributed by atoms with Crippen LogP contribution in [0.25, 0.3) is 5.69 Å². The quantitative estimate of drug-likeness (QED) is 0.470. The molecule has 182 valence electrons. The second kappa shape index (κ2) is 10.1. The minimum absolute atomic E-state index is 0.163. The predicted molar refractivity (Wildman–Crippen MR) is 133 cm³/mol. The third kappa shape index (κ3) is 5.77. The Labute approximate surface area is 204 Å². The largest absolute Gasteiger partial charge is 0.480 e. The third-order valence-corrected chi connectivity index (χ3v) is 6.64. The van der Waals surface area contributed by atoms with Crippen LogP contribution in [0, 0.1) is 5.92 Å². The van der Waals surface area contributed by atoms with Crippen molar-refractivity contribution < 1.29 is 19.5 Å². The van der Waals surface area contributed by atoms with Crippen LogP contribution in [0.1, 0.15) is 61.4 Å². The number of carboxylic acids is 1. The second-order valence-electron chi connectivity index (χ2n) is 9.56. The van der Waals surface area contributed by atoms with Crippen LogP contribution in [0.3, 0.4) is 0 Å². The molecule has 1 saturated carbocycles. The van der Waals surface area contributed by atoms with E-state index in [1.165, 1.54) is 19.4 Å². The van der Waals surface area contributed by atoms with Gasteiger partial charge >= 0.3 is 5.97 Å². The molecule has 1 aliphatic carbocycles. The van der Waals surface area contributed by atoms with Gasteiger partial charge < -0.3 is 20.3 Å². The molecule has 0 aliphatic heterocycles. The van der Waals surface area contributed by atoms with Crippen molar-refractivity contribution in [3.63, 3.8) is 0 Å². The van der Waals surface area contributed by atoms with Crippen molar-refractivity contribution in [2.24, 2.45) is 5.92 Å². The maximum atomic E-state index is 12.6. The lowest BCUT2D eigenvalue weighted by Crippen LogP contribution is -2.51. The van der Waals surface area contributed by atoms with Crippen molar-refractivity contribution >= 4 is 23.5 Å². The SMILES string of the molecule is CC(C)(NC(=O)[C@H]1CC[C@@H](c2ccc(NC(=O)c3ccc(-n4ccnc4)cc3)cc2)CC1)C(=O)O. The summed E-state index contributed by atoms with van der Waals surface area (Å²) in [6.07, 6.45) is 8.42. The van der Waals surface area contributed by atoms with Gasteiger partial charge in [0.2, 0.25) is 5.91 Å². The van der Waals surface area contributed by atoms with Crippen molar-refractivity contribution in [3.8, 4) is 5.69 Å². The second-order valence-corrected chi connectivity index (χ2v) is 9.56. The summed E-state index contributed by atoms with van der Waals surface area (Å²) in [6.45, 7) is 2.99. The molecule has 0 bridgehead atoms. The molecule has 1 aromatic heterocycles. The van der Waals surface area contributed by atoms with Crippen LogP contribution in [0.2, 0.25) is 0 Å². The van der Waals surface area contributed by atoms with E-state index >= 15 is 0 Å². The first-order chi connectivity index (χ1) is 16.7. The molecule has 1 heterocycles. The summed E-state index contributed by atoms with van der Waals surface area (Å²) < 4.78 is 1.87. The van der Waals surface area contributed by atoms with E-state index in [0.717, 1.165) is 37.1 Å². The molecule has 3 aromatic rings. The van der Waals surface area contributed by atoms with E-state index in [1.54, 1.807) is 24.7 Å². The van der Waals surface area contributed by atoms with Crippen LogP contribution in [0.15, 0.2) is 67.3 Å². The summed E-state index contributed by atoms with van der Waals surface area (Å²) in [6, 6.07) is 15.2. The predicted octanol–water partition coefficient (Wildman–Crippen LogP) is 4.38. The molecule has 2 aromatic carbocycles. The van der Waals surface area contributed by atoms with Gasteiger partial charge in [0.1, 0.15) is 5.54 Å². The summed E-state index contributed by atoms with van der Waals surface area (Å²) in [4.78, 5) is 40.4. The van der Waals surface area contributed by atoms with Gasteiger partial charge in [0.25, 0.3) is 5.91 Å². The summed E-state index contributed by atoms with van der Waals surface area (Å²) in [5.74, 6) is -1.23. The number of imidazole rings is 1. The van der Waals surface area contributed by atoms with Gasteiger partial charge in [-0.15, -0.1) is 0 Å². The van der Waals surface area contributed by atoms with E-state index < -0.39 is 11.5 Å². The van der Waals surface area contributed by atoms with Crippen LogP contribution in [0.4, 0.5) is 5.69 Å². The molecule has 3 N–H and O–H groups in total. The molecule has 2 amide bonds. The number of nitrogens with zero attached hydrogens (tertiary/aromatic N) is 2. The van der Waals surface area contributed by atoms with Gasteiger partial charge in [0.15, 0.2) is 0 Å². The number of aliphatic carboxylic acids is 1. The topological polar surface area (TPSA) is 113 Å². The van der Waals surface area contributed by atoms with E-state index in [4.69, 9.17) is 0 Å². The Morgan fingerprint density at radius 3 is 2.20 bits per heavy atom. The number of carbonyl (C=O) groups is 3. The monoisotopic (exact) mass is 474 g/mol. The zero-order valence-electron chi connectivity index (χ0n) is 19.9. The Bertz CT molecular complexity index is 1180. The fourth-order valence-corrected chi connectivity index (χ4v) is 4.39. The van der Waals surface area contributed by atoms with Gasteiger partial charge in [-0.2, -0.15) is 0 Å². The number of hydrogen-bond donors (Lipinski definition) is 3. The third-order valence-electron chi connectivity index (χ3n) is 6.64. The molecule has 1 fully saturated rings. The normalized spacial score (nSPS) is 18.0. The lowest BCUT2D eigenvalue weighted by molar-refractivity contribution is -0.146. The average molecular weight is 475 g/mol. The van der Waals surface area contributed by atoms with Crippen LogP contribution in [-0.4, -0.2) is 38.0 Å². The average Bonchev–Trinajstić information content (AvgIpc) is 3.39. The molecular formula is C27H30N4O4. The van der Waals surface area contributed by atoms with Gasteiger partial charge in [0, 0.05) is 35.2 Å². The molecule has 0 saturated heterocycles. The number of benzene rings is 2. The molecule has 35 heavy (non-hydrogen) atoms. The summed E-state index contributed by atoms with van der Waals surface area (Å²) >= 11 is 0. The maximum Gasteiger partial charge on any atom is 0.328 e. The fraction of sp³-hybridized carbons (Fsp3) is 0.333. The van der Waals surface area contributed by atoms with E-state index in [0.29, 0.717) is 11.5 Å². The first-order valence-corrected chi connectivity index (χ1v) is 11.8. The number of rotatable bonds is 7. The standard InChI is InChI=1S/C27H30N4O4/c1-27(2,26(34)35)30-25(33)21-5-3-18(4-6-21)19-7-11-22(12-8-19)29-24(32)20-9-13-23(14-10-20)31-16-15-28-17-31/h7-18,21H,3-6H2,1-2H3,(H,29,32)(H,30,33)(H,34,35)/t18-,21+. The van der Waals surface area contributed by atoms with E-state index in [2.05, 4.69) is 15.6 Å². The molecule has 4 rings (SSSR count). The lowest BCUT2D eigenvalue weighted by Gasteiger charge is -2.30. The van der Waals surface area contributed by atoms with E-state index in [1.807, 2.05) is 47.2 Å². The zero-order chi connectivity index (χ0) is 25.0. The van der Waals surface area contributed by atoms with Crippen LogP contribution >= 0.6 is 0 Å². The van der Waals surface area contributed by atoms with Crippen molar-refractivity contribution in [3.05, 3.63) is 78.4 Å². The molecule has 0 atom stereocenters. The minimum Gasteiger partial charge on any atom is -0.480 e. The Morgan fingerprint density at radius 1 is 0.971 bits per heavy atom. The highest BCUT2D eigenvalue weighted by Crippen LogP contribution is 2.36. The van der Waals surface area contributed by atoms with Gasteiger partial charge in [-0.1, -0.05) is 12.1 Å². The maximum absolute atomic E-state index is 12.6. The van der Waals surface area contributed by atoms with Crippen molar-refractivity contribution in [2.45, 2.75) is 51.0 Å². The van der Waals surface area contributed by atoms with E-state index in [-0.39, 0.29) is 17.7 Å². The number of hydrogen-bond acceptors (Lipinski definition) is 4. The number of carbonyl (C=O) groups excluding carboxylic acids is 2. The highest BCUT2D eigenvalue weighted by Gasteiger charge is 2.33. The van der Waals surface area contributed by atoms with Gasteiger partial charge in [0.05, 0.1) is 6.33 Å². The van der Waals surface area contributed by atoms with Gasteiger partial charge in [-0.3, -0.25) is 9.59 Å². The number of anilines is 1. The van der Waals surface area contributed by atoms with Crippen molar-refractivity contribution in [2.75, 3.05) is 5.32 Å². The molecule has 1 aliphatic rings. The molecule has 0 radical (unpaired) electrons. The Hall–Kier alpha value is -3.94. The lowest BCUT2D eigenvalue weighted by atomic mass is 9.78. The highest BCUT2D eigenvalue weighted by atomic mass is 16.4. The first-order valence-electron chi connectivity index (χ1n) is 11.8.